The van der Waals surface area contributed by atoms with Gasteiger partial charge in [-0.2, -0.15) is 9.97 Å². The molecule has 9 heteroatoms. The van der Waals surface area contributed by atoms with E-state index in [4.69, 9.17) is 14.2 Å². The Morgan fingerprint density at radius 1 is 1.23 bits per heavy atom. The van der Waals surface area contributed by atoms with Crippen molar-refractivity contribution in [1.29, 1.82) is 0 Å². The molecule has 1 aromatic heterocycles. The summed E-state index contributed by atoms with van der Waals surface area (Å²) in [5.41, 5.74) is -0.262. The number of methoxy groups -OCH3 is 1. The van der Waals surface area contributed by atoms with Crippen molar-refractivity contribution in [2.45, 2.75) is 6.92 Å². The maximum absolute atomic E-state index is 11.1. The second-order valence-corrected chi connectivity index (χ2v) is 3.99. The van der Waals surface area contributed by atoms with Gasteiger partial charge in [0.1, 0.15) is 18.1 Å². The summed E-state index contributed by atoms with van der Waals surface area (Å²) in [4.78, 5) is 28.4. The number of aromatic nitrogens is 2. The Morgan fingerprint density at radius 3 is 2.45 bits per heavy atom. The van der Waals surface area contributed by atoms with Gasteiger partial charge >= 0.3 is 17.7 Å². The van der Waals surface area contributed by atoms with Crippen molar-refractivity contribution in [2.75, 3.05) is 7.11 Å². The van der Waals surface area contributed by atoms with Crippen LogP contribution in [0.5, 0.6) is 23.3 Å². The minimum Gasteiger partial charge on any atom is -0.497 e. The van der Waals surface area contributed by atoms with Crippen LogP contribution in [0, 0.1) is 10.1 Å². The van der Waals surface area contributed by atoms with Gasteiger partial charge in [-0.15, -0.1) is 0 Å². The maximum Gasteiger partial charge on any atom is 0.322 e. The molecule has 0 bridgehead atoms. The summed E-state index contributed by atoms with van der Waals surface area (Å²) < 4.78 is 15.4. The highest BCUT2D eigenvalue weighted by Gasteiger charge is 2.13. The first-order chi connectivity index (χ1) is 10.5. The fourth-order valence-corrected chi connectivity index (χ4v) is 1.49. The van der Waals surface area contributed by atoms with E-state index in [1.807, 2.05) is 0 Å². The molecule has 22 heavy (non-hydrogen) atoms. The molecule has 0 aliphatic carbocycles. The molecule has 9 nitrogen and oxygen atoms in total. The number of carbonyl (C=O) groups is 1. The number of carbonyl (C=O) groups excluding carboxylic acids is 1. The number of esters is 1. The van der Waals surface area contributed by atoms with E-state index in [1.54, 1.807) is 6.07 Å². The first-order valence-electron chi connectivity index (χ1n) is 6.00. The molecule has 0 saturated carbocycles. The third-order valence-corrected chi connectivity index (χ3v) is 2.43. The maximum atomic E-state index is 11.1. The van der Waals surface area contributed by atoms with E-state index < -0.39 is 10.9 Å². The molecule has 0 atom stereocenters. The van der Waals surface area contributed by atoms with Crippen LogP contribution in [-0.4, -0.2) is 28.0 Å². The van der Waals surface area contributed by atoms with E-state index in [0.717, 1.165) is 12.4 Å². The third kappa shape index (κ3) is 3.66. The summed E-state index contributed by atoms with van der Waals surface area (Å²) in [6.45, 7) is 1.24. The van der Waals surface area contributed by atoms with Crippen molar-refractivity contribution in [3.63, 3.8) is 0 Å². The van der Waals surface area contributed by atoms with Gasteiger partial charge in [-0.25, -0.2) is 0 Å². The summed E-state index contributed by atoms with van der Waals surface area (Å²) in [6, 6.07) is 4.43. The predicted octanol–water partition coefficient (Wildman–Crippen LogP) is 2.11. The van der Waals surface area contributed by atoms with Crippen LogP contribution in [-0.2, 0) is 4.79 Å². The normalized spacial score (nSPS) is 9.91. The molecule has 0 aliphatic rings. The monoisotopic (exact) mass is 305 g/mol. The van der Waals surface area contributed by atoms with E-state index in [0.29, 0.717) is 5.75 Å². The fraction of sp³-hybridized carbons (Fsp3) is 0.154. The Bertz CT molecular complexity index is 701. The van der Waals surface area contributed by atoms with E-state index in [9.17, 15) is 14.9 Å². The van der Waals surface area contributed by atoms with Gasteiger partial charge in [0, 0.05) is 13.0 Å². The van der Waals surface area contributed by atoms with Gasteiger partial charge in [0.2, 0.25) is 0 Å². The van der Waals surface area contributed by atoms with E-state index in [2.05, 4.69) is 9.97 Å². The largest absolute Gasteiger partial charge is 0.497 e. The van der Waals surface area contributed by atoms with Gasteiger partial charge < -0.3 is 14.2 Å². The molecular weight excluding hydrogens is 294 g/mol. The number of hydrogen-bond acceptors (Lipinski definition) is 8. The SMILES string of the molecule is COc1ccc(Oc2ncc([N+](=O)[O-])cn2)c(OC(C)=O)c1. The van der Waals surface area contributed by atoms with Crippen LogP contribution < -0.4 is 14.2 Å². The molecule has 0 unspecified atom stereocenters. The van der Waals surface area contributed by atoms with Gasteiger partial charge in [0.15, 0.2) is 11.5 Å². The molecular formula is C13H11N3O6. The van der Waals surface area contributed by atoms with Crippen molar-refractivity contribution >= 4 is 11.7 Å². The van der Waals surface area contributed by atoms with E-state index in [1.165, 1.54) is 26.2 Å². The highest BCUT2D eigenvalue weighted by atomic mass is 16.6. The molecule has 2 rings (SSSR count). The molecule has 2 aromatic rings. The number of hydrogen-bond donors (Lipinski definition) is 0. The summed E-state index contributed by atoms with van der Waals surface area (Å²) in [7, 11) is 1.47. The van der Waals surface area contributed by atoms with Crippen LogP contribution in [0.1, 0.15) is 6.92 Å². The predicted molar refractivity (Wildman–Crippen MR) is 73.1 cm³/mol. The van der Waals surface area contributed by atoms with E-state index >= 15 is 0 Å². The Hall–Kier alpha value is -3.23. The average Bonchev–Trinajstić information content (AvgIpc) is 2.49. The average molecular weight is 305 g/mol. The van der Waals surface area contributed by atoms with Gasteiger partial charge in [0.25, 0.3) is 0 Å². The van der Waals surface area contributed by atoms with Crippen LogP contribution >= 0.6 is 0 Å². The van der Waals surface area contributed by atoms with Crippen molar-refractivity contribution in [3.8, 4) is 23.3 Å². The lowest BCUT2D eigenvalue weighted by molar-refractivity contribution is -0.385. The molecule has 1 aromatic carbocycles. The highest BCUT2D eigenvalue weighted by Crippen LogP contribution is 2.34. The Morgan fingerprint density at radius 2 is 1.91 bits per heavy atom. The Balaban J connectivity index is 2.27. The molecule has 0 saturated heterocycles. The zero-order chi connectivity index (χ0) is 16.1. The van der Waals surface area contributed by atoms with Crippen LogP contribution in [0.2, 0.25) is 0 Å². The molecule has 0 N–H and O–H groups in total. The van der Waals surface area contributed by atoms with Crippen molar-refractivity contribution in [1.82, 2.24) is 9.97 Å². The third-order valence-electron chi connectivity index (χ3n) is 2.43. The second-order valence-electron chi connectivity index (χ2n) is 3.99. The quantitative estimate of drug-likeness (QED) is 0.357. The van der Waals surface area contributed by atoms with Crippen molar-refractivity contribution in [2.24, 2.45) is 0 Å². The number of benzene rings is 1. The first-order valence-corrected chi connectivity index (χ1v) is 6.00. The topological polar surface area (TPSA) is 114 Å². The smallest absolute Gasteiger partial charge is 0.322 e. The van der Waals surface area contributed by atoms with Crippen molar-refractivity contribution < 1.29 is 23.9 Å². The highest BCUT2D eigenvalue weighted by molar-refractivity contribution is 5.70. The minimum atomic E-state index is -0.624. The number of nitro groups is 1. The summed E-state index contributed by atoms with van der Waals surface area (Å²) in [5.74, 6) is 0.217. The number of rotatable bonds is 5. The van der Waals surface area contributed by atoms with Crippen LogP contribution in [0.25, 0.3) is 0 Å². The molecule has 1 heterocycles. The Kier molecular flexibility index (Phi) is 4.47. The molecule has 0 spiro atoms. The zero-order valence-corrected chi connectivity index (χ0v) is 11.7. The number of nitrogens with zero attached hydrogens (tertiary/aromatic N) is 3. The standard InChI is InChI=1S/C13H11N3O6/c1-8(17)21-12-5-10(20-2)3-4-11(12)22-13-14-6-9(7-15-13)16(18)19/h3-7H,1-2H3. The summed E-state index contributed by atoms with van der Waals surface area (Å²) >= 11 is 0. The second kappa shape index (κ2) is 6.48. The Labute approximate surface area is 124 Å². The lowest BCUT2D eigenvalue weighted by Gasteiger charge is -2.10. The molecule has 0 aliphatic heterocycles. The van der Waals surface area contributed by atoms with Crippen LogP contribution in [0.4, 0.5) is 5.69 Å². The molecule has 114 valence electrons. The van der Waals surface area contributed by atoms with Gasteiger partial charge in [-0.1, -0.05) is 0 Å². The molecule has 0 amide bonds. The molecule has 0 radical (unpaired) electrons. The fourth-order valence-electron chi connectivity index (χ4n) is 1.49. The summed E-state index contributed by atoms with van der Waals surface area (Å²) in [5, 5.41) is 10.5. The van der Waals surface area contributed by atoms with Gasteiger partial charge in [0.05, 0.1) is 12.0 Å². The van der Waals surface area contributed by atoms with Crippen molar-refractivity contribution in [3.05, 3.63) is 40.7 Å². The summed E-state index contributed by atoms with van der Waals surface area (Å²) in [6.07, 6.45) is 2.02. The van der Waals surface area contributed by atoms with Crippen LogP contribution in [0.15, 0.2) is 30.6 Å². The van der Waals surface area contributed by atoms with Gasteiger partial charge in [-0.05, 0) is 12.1 Å². The first kappa shape index (κ1) is 15.2. The van der Waals surface area contributed by atoms with Crippen LogP contribution in [0.3, 0.4) is 0 Å². The number of ether oxygens (including phenoxy) is 3. The minimum absolute atomic E-state index is 0.119. The van der Waals surface area contributed by atoms with E-state index in [-0.39, 0.29) is 23.2 Å². The zero-order valence-electron chi connectivity index (χ0n) is 11.7. The molecule has 0 fully saturated rings. The lowest BCUT2D eigenvalue weighted by Crippen LogP contribution is -2.04. The lowest BCUT2D eigenvalue weighted by atomic mass is 10.3. The van der Waals surface area contributed by atoms with Gasteiger partial charge in [-0.3, -0.25) is 14.9 Å².